The number of imidazole rings is 1. The van der Waals surface area contributed by atoms with Crippen molar-refractivity contribution in [1.82, 2.24) is 14.4 Å². The first-order chi connectivity index (χ1) is 5.81. The molecule has 5 heteroatoms. The largest absolute Gasteiger partial charge is 0.296 e. The maximum atomic E-state index is 10.4. The molecule has 0 fully saturated rings. The van der Waals surface area contributed by atoms with E-state index in [1.165, 1.54) is 0 Å². The Bertz CT molecular complexity index is 437. The lowest BCUT2D eigenvalue weighted by atomic mass is 10.5. The van der Waals surface area contributed by atoms with Crippen molar-refractivity contribution in [3.63, 3.8) is 0 Å². The number of aldehydes is 1. The van der Waals surface area contributed by atoms with Gasteiger partial charge in [0.2, 0.25) is 0 Å². The summed E-state index contributed by atoms with van der Waals surface area (Å²) in [5.41, 5.74) is 1.11. The summed E-state index contributed by atoms with van der Waals surface area (Å²) in [4.78, 5) is 18.3. The third kappa shape index (κ3) is 1.02. The Morgan fingerprint density at radius 3 is 3.00 bits per heavy atom. The molecule has 0 saturated heterocycles. The molecule has 0 aliphatic heterocycles. The first-order valence-corrected chi connectivity index (χ1v) is 4.04. The molecule has 0 bridgehead atoms. The van der Waals surface area contributed by atoms with Crippen LogP contribution in [0.3, 0.4) is 0 Å². The standard InChI is InChI=1S/C7H4BrN3O/c8-6-1-10-7-2-9-5(4-12)3-11(6)7/h1-4H. The highest BCUT2D eigenvalue weighted by atomic mass is 79.9. The highest BCUT2D eigenvalue weighted by Crippen LogP contribution is 2.11. The highest BCUT2D eigenvalue weighted by molar-refractivity contribution is 9.10. The van der Waals surface area contributed by atoms with Crippen molar-refractivity contribution in [1.29, 1.82) is 0 Å². The van der Waals surface area contributed by atoms with E-state index in [0.29, 0.717) is 17.6 Å². The molecule has 0 aromatic carbocycles. The van der Waals surface area contributed by atoms with Crippen molar-refractivity contribution < 1.29 is 4.79 Å². The van der Waals surface area contributed by atoms with E-state index in [2.05, 4.69) is 25.9 Å². The summed E-state index contributed by atoms with van der Waals surface area (Å²) < 4.78 is 2.56. The number of halogens is 1. The van der Waals surface area contributed by atoms with E-state index < -0.39 is 0 Å². The molecule has 0 radical (unpaired) electrons. The van der Waals surface area contributed by atoms with Crippen LogP contribution in [0.1, 0.15) is 10.5 Å². The summed E-state index contributed by atoms with van der Waals surface area (Å²) in [6, 6.07) is 0. The summed E-state index contributed by atoms with van der Waals surface area (Å²) in [5, 5.41) is 0. The van der Waals surface area contributed by atoms with Crippen LogP contribution >= 0.6 is 15.9 Å². The molecule has 2 aromatic rings. The molecule has 0 aliphatic carbocycles. The maximum absolute atomic E-state index is 10.4. The van der Waals surface area contributed by atoms with Gasteiger partial charge in [0.1, 0.15) is 10.3 Å². The fourth-order valence-electron chi connectivity index (χ4n) is 0.935. The van der Waals surface area contributed by atoms with Crippen molar-refractivity contribution in [3.05, 3.63) is 28.9 Å². The Morgan fingerprint density at radius 1 is 1.42 bits per heavy atom. The lowest BCUT2D eigenvalue weighted by Crippen LogP contribution is -1.92. The molecule has 0 amide bonds. The zero-order valence-electron chi connectivity index (χ0n) is 5.94. The van der Waals surface area contributed by atoms with Gasteiger partial charge in [0, 0.05) is 6.20 Å². The average Bonchev–Trinajstić information content (AvgIpc) is 2.47. The SMILES string of the molecule is O=Cc1cn2c(Br)cnc2cn1. The predicted octanol–water partition coefficient (Wildman–Crippen LogP) is 1.30. The number of nitrogens with zero attached hydrogens (tertiary/aromatic N) is 3. The first kappa shape index (κ1) is 7.42. The molecule has 12 heavy (non-hydrogen) atoms. The van der Waals surface area contributed by atoms with Crippen molar-refractivity contribution in [2.45, 2.75) is 0 Å². The monoisotopic (exact) mass is 225 g/mol. The molecule has 0 atom stereocenters. The van der Waals surface area contributed by atoms with Crippen LogP contribution in [0.15, 0.2) is 23.2 Å². The molecule has 4 nitrogen and oxygen atoms in total. The van der Waals surface area contributed by atoms with Crippen LogP contribution in [0.2, 0.25) is 0 Å². The van der Waals surface area contributed by atoms with Gasteiger partial charge < -0.3 is 0 Å². The lowest BCUT2D eigenvalue weighted by molar-refractivity contribution is 0.111. The zero-order valence-corrected chi connectivity index (χ0v) is 7.52. The van der Waals surface area contributed by atoms with Crippen LogP contribution < -0.4 is 0 Å². The molecule has 0 unspecified atom stereocenters. The van der Waals surface area contributed by atoms with Crippen molar-refractivity contribution in [3.8, 4) is 0 Å². The van der Waals surface area contributed by atoms with Gasteiger partial charge in [-0.1, -0.05) is 0 Å². The van der Waals surface area contributed by atoms with Gasteiger partial charge in [0.25, 0.3) is 0 Å². The quantitative estimate of drug-likeness (QED) is 0.688. The normalized spacial score (nSPS) is 10.4. The van der Waals surface area contributed by atoms with Crippen LogP contribution in [-0.4, -0.2) is 20.7 Å². The van der Waals surface area contributed by atoms with Crippen LogP contribution in [0, 0.1) is 0 Å². The van der Waals surface area contributed by atoms with Gasteiger partial charge in [-0.05, 0) is 15.9 Å². The average molecular weight is 226 g/mol. The second-order valence-corrected chi connectivity index (χ2v) is 3.05. The Morgan fingerprint density at radius 2 is 2.25 bits per heavy atom. The van der Waals surface area contributed by atoms with E-state index >= 15 is 0 Å². The number of carbonyl (C=O) groups is 1. The molecule has 2 rings (SSSR count). The zero-order chi connectivity index (χ0) is 8.55. The number of carbonyl (C=O) groups excluding carboxylic acids is 1. The van der Waals surface area contributed by atoms with Gasteiger partial charge >= 0.3 is 0 Å². The van der Waals surface area contributed by atoms with Crippen LogP contribution in [0.5, 0.6) is 0 Å². The molecule has 0 saturated carbocycles. The summed E-state index contributed by atoms with van der Waals surface area (Å²) >= 11 is 3.29. The fraction of sp³-hybridized carbons (Fsp3) is 0. The maximum Gasteiger partial charge on any atom is 0.169 e. The van der Waals surface area contributed by atoms with Crippen molar-refractivity contribution in [2.75, 3.05) is 0 Å². The third-order valence-corrected chi connectivity index (χ3v) is 2.08. The summed E-state index contributed by atoms with van der Waals surface area (Å²) in [7, 11) is 0. The van der Waals surface area contributed by atoms with Crippen molar-refractivity contribution in [2.24, 2.45) is 0 Å². The minimum absolute atomic E-state index is 0.390. The molecular weight excluding hydrogens is 222 g/mol. The van der Waals surface area contributed by atoms with E-state index in [4.69, 9.17) is 0 Å². The van der Waals surface area contributed by atoms with E-state index in [9.17, 15) is 4.79 Å². The molecule has 0 spiro atoms. The Kier molecular flexibility index (Phi) is 1.65. The number of rotatable bonds is 1. The van der Waals surface area contributed by atoms with E-state index in [1.807, 2.05) is 0 Å². The summed E-state index contributed by atoms with van der Waals surface area (Å²) in [5.74, 6) is 0. The Hall–Kier alpha value is -1.23. The summed E-state index contributed by atoms with van der Waals surface area (Å²) in [6.45, 7) is 0. The lowest BCUT2D eigenvalue weighted by Gasteiger charge is -1.94. The molecular formula is C7H4BrN3O. The summed E-state index contributed by atoms with van der Waals surface area (Å²) in [6.07, 6.45) is 5.53. The van der Waals surface area contributed by atoms with E-state index in [1.54, 1.807) is 23.0 Å². The Labute approximate surface area is 76.4 Å². The predicted molar refractivity (Wildman–Crippen MR) is 46.1 cm³/mol. The van der Waals surface area contributed by atoms with Gasteiger partial charge in [0.15, 0.2) is 11.9 Å². The van der Waals surface area contributed by atoms with E-state index in [0.717, 1.165) is 4.60 Å². The molecule has 2 aromatic heterocycles. The van der Waals surface area contributed by atoms with E-state index in [-0.39, 0.29) is 0 Å². The molecule has 0 aliphatic rings. The van der Waals surface area contributed by atoms with Gasteiger partial charge in [0.05, 0.1) is 12.4 Å². The minimum atomic E-state index is 0.390. The van der Waals surface area contributed by atoms with Gasteiger partial charge in [-0.3, -0.25) is 9.20 Å². The number of hydrogen-bond acceptors (Lipinski definition) is 3. The van der Waals surface area contributed by atoms with Crippen molar-refractivity contribution >= 4 is 27.9 Å². The van der Waals surface area contributed by atoms with Gasteiger partial charge in [-0.25, -0.2) is 9.97 Å². The Balaban J connectivity index is 2.79. The first-order valence-electron chi connectivity index (χ1n) is 3.25. The topological polar surface area (TPSA) is 47.3 Å². The second kappa shape index (κ2) is 2.67. The molecule has 0 N–H and O–H groups in total. The van der Waals surface area contributed by atoms with Crippen LogP contribution in [-0.2, 0) is 0 Å². The number of aromatic nitrogens is 3. The number of hydrogen-bond donors (Lipinski definition) is 0. The molecule has 60 valence electrons. The van der Waals surface area contributed by atoms with Gasteiger partial charge in [-0.2, -0.15) is 0 Å². The fourth-order valence-corrected chi connectivity index (χ4v) is 1.32. The smallest absolute Gasteiger partial charge is 0.169 e. The van der Waals surface area contributed by atoms with Crippen LogP contribution in [0.25, 0.3) is 5.65 Å². The van der Waals surface area contributed by atoms with Crippen LogP contribution in [0.4, 0.5) is 0 Å². The third-order valence-electron chi connectivity index (χ3n) is 1.49. The molecule has 2 heterocycles. The highest BCUT2D eigenvalue weighted by Gasteiger charge is 2.00. The minimum Gasteiger partial charge on any atom is -0.296 e. The number of fused-ring (bicyclic) bond motifs is 1. The van der Waals surface area contributed by atoms with Gasteiger partial charge in [-0.15, -0.1) is 0 Å². The second-order valence-electron chi connectivity index (χ2n) is 2.24.